The van der Waals surface area contributed by atoms with Crippen molar-refractivity contribution in [3.8, 4) is 23.6 Å². The lowest BCUT2D eigenvalue weighted by atomic mass is 9.49. The number of pyridine rings is 1. The molecule has 6 rings (SSSR count). The average Bonchev–Trinajstić information content (AvgIpc) is 3.71. The summed E-state index contributed by atoms with van der Waals surface area (Å²) < 4.78 is 17.6. The van der Waals surface area contributed by atoms with Crippen LogP contribution in [0.1, 0.15) is 94.9 Å². The molecule has 18 heteroatoms. The van der Waals surface area contributed by atoms with Gasteiger partial charge in [-0.3, -0.25) is 24.1 Å². The fourth-order valence-electron chi connectivity index (χ4n) is 9.93. The minimum Gasteiger partial charge on any atom is -0.496 e. The average molecular weight is 955 g/mol. The predicted molar refractivity (Wildman–Crippen MR) is 255 cm³/mol. The van der Waals surface area contributed by atoms with Crippen LogP contribution >= 0.6 is 11.6 Å². The van der Waals surface area contributed by atoms with Crippen LogP contribution in [-0.2, 0) is 19.1 Å². The normalized spacial score (nSPS) is 21.8. The Morgan fingerprint density at radius 3 is 2.28 bits per heavy atom. The van der Waals surface area contributed by atoms with Crippen molar-refractivity contribution in [1.29, 1.82) is 10.5 Å². The van der Waals surface area contributed by atoms with Gasteiger partial charge >= 0.3 is 0 Å². The van der Waals surface area contributed by atoms with Gasteiger partial charge in [-0.05, 0) is 48.7 Å². The van der Waals surface area contributed by atoms with E-state index in [1.54, 1.807) is 55.6 Å². The van der Waals surface area contributed by atoms with Gasteiger partial charge in [-0.1, -0.05) is 66.1 Å². The Morgan fingerprint density at radius 1 is 0.971 bits per heavy atom. The van der Waals surface area contributed by atoms with Crippen molar-refractivity contribution in [1.82, 2.24) is 30.7 Å². The number of aliphatic hydroxyl groups is 1. The molecular weight excluding hydrogens is 890 g/mol. The van der Waals surface area contributed by atoms with E-state index in [9.17, 15) is 34.8 Å². The molecule has 1 saturated carbocycles. The second-order valence-electron chi connectivity index (χ2n) is 20.1. The number of benzene rings is 2. The van der Waals surface area contributed by atoms with E-state index < -0.39 is 58.2 Å². The third kappa shape index (κ3) is 11.5. The summed E-state index contributed by atoms with van der Waals surface area (Å²) in [5.74, 6) is 0.140. The van der Waals surface area contributed by atoms with Crippen molar-refractivity contribution >= 4 is 41.0 Å². The summed E-state index contributed by atoms with van der Waals surface area (Å²) in [6.45, 7) is 18.9. The zero-order valence-electron chi connectivity index (χ0n) is 40.4. The van der Waals surface area contributed by atoms with Crippen LogP contribution in [0.4, 0.5) is 5.82 Å². The molecule has 0 radical (unpaired) electrons. The van der Waals surface area contributed by atoms with Crippen molar-refractivity contribution in [2.75, 3.05) is 64.5 Å². The number of rotatable bonds is 16. The number of halogens is 1. The van der Waals surface area contributed by atoms with Gasteiger partial charge in [0.05, 0.1) is 53.6 Å². The van der Waals surface area contributed by atoms with E-state index in [-0.39, 0.29) is 44.2 Å². The number of hydrogen-bond acceptors (Lipinski definition) is 13. The summed E-state index contributed by atoms with van der Waals surface area (Å²) in [6, 6.07) is 15.0. The van der Waals surface area contributed by atoms with Gasteiger partial charge in [0.25, 0.3) is 5.91 Å². The molecule has 4 atom stereocenters. The Kier molecular flexibility index (Phi) is 16.0. The highest BCUT2D eigenvalue weighted by Crippen LogP contribution is 2.55. The van der Waals surface area contributed by atoms with Crippen molar-refractivity contribution in [2.24, 2.45) is 16.2 Å². The van der Waals surface area contributed by atoms with Crippen molar-refractivity contribution in [2.45, 2.75) is 98.2 Å². The summed E-state index contributed by atoms with van der Waals surface area (Å²) in [5, 5.41) is 38.4. The van der Waals surface area contributed by atoms with E-state index in [2.05, 4.69) is 70.6 Å². The number of ether oxygens (including phenoxy) is 3. The molecule has 17 nitrogen and oxygen atoms in total. The molecule has 1 aliphatic carbocycles. The molecule has 364 valence electrons. The van der Waals surface area contributed by atoms with Crippen LogP contribution in [0.15, 0.2) is 54.7 Å². The van der Waals surface area contributed by atoms with E-state index in [0.29, 0.717) is 58.4 Å². The molecule has 3 aromatic rings. The Balaban J connectivity index is 0.931. The van der Waals surface area contributed by atoms with Gasteiger partial charge in [-0.2, -0.15) is 10.5 Å². The zero-order chi connectivity index (χ0) is 49.7. The van der Waals surface area contributed by atoms with E-state index in [0.717, 1.165) is 18.9 Å². The summed E-state index contributed by atoms with van der Waals surface area (Å²) in [7, 11) is 1.48. The molecule has 2 saturated heterocycles. The third-order valence-corrected chi connectivity index (χ3v) is 13.7. The number of β-amino-alcohol motifs (C(OH)–C–C–N with tert-alkyl or cyclic N) is 1. The SMILES string of the molecule is COc1cc(C#N)ccc1[C@H](C)NC(=O)[C@@H]1C[C@@H](O)CN1C(=O)C(NC(=O)COCCN1CCN(c2ccc(C(=O)NC3C(C)(C)C(Oc4ccc(C#N)c(Cl)c4)C3(C)C)cn2)CC1)C(C)(C)C. The Labute approximate surface area is 404 Å². The maximum Gasteiger partial charge on any atom is 0.253 e. The number of nitrogens with one attached hydrogen (secondary N) is 3. The molecular formula is C50H64ClN9O8. The fraction of sp³-hybridized carbons (Fsp3) is 0.540. The first-order valence-corrected chi connectivity index (χ1v) is 23.3. The van der Waals surface area contributed by atoms with Crippen LogP contribution in [0.2, 0.25) is 5.02 Å². The third-order valence-electron chi connectivity index (χ3n) is 13.4. The van der Waals surface area contributed by atoms with Gasteiger partial charge in [0.15, 0.2) is 0 Å². The highest BCUT2D eigenvalue weighted by Gasteiger charge is 2.64. The predicted octanol–water partition coefficient (Wildman–Crippen LogP) is 4.61. The number of nitriles is 2. The summed E-state index contributed by atoms with van der Waals surface area (Å²) >= 11 is 6.25. The van der Waals surface area contributed by atoms with Gasteiger partial charge in [-0.15, -0.1) is 0 Å². The summed E-state index contributed by atoms with van der Waals surface area (Å²) in [6.07, 6.45) is 0.486. The Bertz CT molecular complexity index is 2400. The standard InChI is InChI=1S/C50H64ClN9O8/c1-30(36-14-10-31(25-52)22-39(36)66-9)55-44(64)38-23-34(61)28-60(38)45(65)42(48(2,3)4)56-41(62)29-67-21-20-58-16-18-59(19-17-58)40-15-12-33(27-54-40)43(63)57-46-49(5,6)47(50(46,7)8)68-35-13-11-32(26-53)37(51)24-35/h10-15,22,24,27,30,34,38,42,46-47,61H,16-21,23,28-29H2,1-9H3,(H,55,64)(H,56,62)(H,57,63)/t30-,34+,38-,42?,46?,47?/m0/s1. The monoisotopic (exact) mass is 953 g/mol. The molecule has 1 aromatic heterocycles. The molecule has 2 aliphatic heterocycles. The first-order chi connectivity index (χ1) is 32.1. The first kappa shape index (κ1) is 51.4. The number of amides is 4. The number of aliphatic hydroxyl groups excluding tert-OH is 1. The van der Waals surface area contributed by atoms with E-state index in [1.165, 1.54) is 12.0 Å². The molecule has 0 spiro atoms. The minimum absolute atomic E-state index is 0.0374. The number of carbonyl (C=O) groups is 4. The molecule has 0 bridgehead atoms. The quantitative estimate of drug-likeness (QED) is 0.144. The lowest BCUT2D eigenvalue weighted by Gasteiger charge is -2.63. The van der Waals surface area contributed by atoms with Crippen LogP contribution in [0.25, 0.3) is 0 Å². The number of aromatic nitrogens is 1. The Hall–Kier alpha value is -5.98. The van der Waals surface area contributed by atoms with Crippen molar-refractivity contribution in [3.05, 3.63) is 82.0 Å². The van der Waals surface area contributed by atoms with E-state index in [1.807, 2.05) is 26.8 Å². The largest absolute Gasteiger partial charge is 0.496 e. The van der Waals surface area contributed by atoms with Gasteiger partial charge < -0.3 is 45.1 Å². The number of anilines is 1. The highest BCUT2D eigenvalue weighted by atomic mass is 35.5. The van der Waals surface area contributed by atoms with Crippen molar-refractivity contribution in [3.63, 3.8) is 0 Å². The number of nitrogens with zero attached hydrogens (tertiary/aromatic N) is 6. The number of likely N-dealkylation sites (tertiary alicyclic amines) is 1. The molecule has 3 aliphatic rings. The van der Waals surface area contributed by atoms with Crippen LogP contribution in [0, 0.1) is 38.9 Å². The fourth-order valence-corrected chi connectivity index (χ4v) is 10.1. The van der Waals surface area contributed by atoms with Crippen LogP contribution in [0.5, 0.6) is 11.5 Å². The molecule has 3 heterocycles. The van der Waals surface area contributed by atoms with Crippen LogP contribution in [0.3, 0.4) is 0 Å². The van der Waals surface area contributed by atoms with Crippen LogP contribution < -0.4 is 30.3 Å². The summed E-state index contributed by atoms with van der Waals surface area (Å²) in [5.41, 5.74) is 0.349. The molecule has 3 fully saturated rings. The summed E-state index contributed by atoms with van der Waals surface area (Å²) in [4.78, 5) is 64.8. The van der Waals surface area contributed by atoms with E-state index >= 15 is 0 Å². The number of hydrogen-bond donors (Lipinski definition) is 4. The van der Waals surface area contributed by atoms with Crippen molar-refractivity contribution < 1.29 is 38.5 Å². The molecule has 4 amide bonds. The van der Waals surface area contributed by atoms with Gasteiger partial charge in [0.2, 0.25) is 17.7 Å². The number of piperazine rings is 1. The van der Waals surface area contributed by atoms with Gasteiger partial charge in [0, 0.05) is 80.4 Å². The topological polar surface area (TPSA) is 222 Å². The molecule has 1 unspecified atom stereocenters. The first-order valence-electron chi connectivity index (χ1n) is 22.9. The number of methoxy groups -OCH3 is 1. The van der Waals surface area contributed by atoms with Gasteiger partial charge in [-0.25, -0.2) is 4.98 Å². The smallest absolute Gasteiger partial charge is 0.253 e. The Morgan fingerprint density at radius 2 is 1.68 bits per heavy atom. The van der Waals surface area contributed by atoms with E-state index in [4.69, 9.17) is 25.8 Å². The second-order valence-corrected chi connectivity index (χ2v) is 20.6. The maximum atomic E-state index is 14.1. The minimum atomic E-state index is -1.00. The molecule has 4 N–H and O–H groups in total. The maximum absolute atomic E-state index is 14.1. The highest BCUT2D eigenvalue weighted by molar-refractivity contribution is 6.31. The lowest BCUT2D eigenvalue weighted by Crippen LogP contribution is -2.74. The molecule has 2 aromatic carbocycles. The second kappa shape index (κ2) is 21.1. The van der Waals surface area contributed by atoms with Crippen LogP contribution in [-0.4, -0.2) is 133 Å². The number of carbonyl (C=O) groups excluding carboxylic acids is 4. The lowest BCUT2D eigenvalue weighted by molar-refractivity contribution is -0.164. The molecule has 68 heavy (non-hydrogen) atoms. The zero-order valence-corrected chi connectivity index (χ0v) is 41.1. The van der Waals surface area contributed by atoms with Gasteiger partial charge in [0.1, 0.15) is 48.2 Å².